The number of carbonyl (C=O) groups is 4. The summed E-state index contributed by atoms with van der Waals surface area (Å²) in [5, 5.41) is 29.3. The molecule has 1 aliphatic rings. The topological polar surface area (TPSA) is 141 Å². The van der Waals surface area contributed by atoms with Gasteiger partial charge in [0.05, 0.1) is 23.7 Å². The van der Waals surface area contributed by atoms with E-state index in [9.17, 15) is 34.5 Å². The molecule has 4 rings (SSSR count). The first-order valence-corrected chi connectivity index (χ1v) is 12.1. The van der Waals surface area contributed by atoms with Gasteiger partial charge in [0, 0.05) is 18.1 Å². The van der Waals surface area contributed by atoms with Crippen LogP contribution in [0.15, 0.2) is 78.9 Å². The molecule has 9 nitrogen and oxygen atoms in total. The molecule has 196 valence electrons. The number of amides is 1. The average Bonchev–Trinajstić information content (AvgIpc) is 2.84. The van der Waals surface area contributed by atoms with E-state index in [2.05, 4.69) is 0 Å². The molecule has 0 unspecified atom stereocenters. The first kappa shape index (κ1) is 26.7. The highest BCUT2D eigenvalue weighted by atomic mass is 35.5. The lowest BCUT2D eigenvalue weighted by Crippen LogP contribution is -2.62. The molecule has 0 saturated heterocycles. The molecule has 1 amide bonds. The van der Waals surface area contributed by atoms with E-state index in [1.54, 1.807) is 78.9 Å². The number of rotatable bonds is 10. The van der Waals surface area contributed by atoms with Crippen LogP contribution in [-0.2, 0) is 32.3 Å². The minimum absolute atomic E-state index is 0.0398. The lowest BCUT2D eigenvalue weighted by Gasteiger charge is -2.45. The first-order valence-electron chi connectivity index (χ1n) is 11.7. The Morgan fingerprint density at radius 1 is 0.658 bits per heavy atom. The van der Waals surface area contributed by atoms with Crippen LogP contribution in [0.5, 0.6) is 11.5 Å². The molecule has 0 radical (unpaired) electrons. The van der Waals surface area contributed by atoms with Gasteiger partial charge in [0.1, 0.15) is 11.5 Å². The van der Waals surface area contributed by atoms with Gasteiger partial charge in [0.15, 0.2) is 0 Å². The van der Waals surface area contributed by atoms with Crippen LogP contribution in [0, 0.1) is 23.7 Å². The van der Waals surface area contributed by atoms with Crippen molar-refractivity contribution in [3.05, 3.63) is 95.0 Å². The first-order chi connectivity index (χ1) is 18.2. The summed E-state index contributed by atoms with van der Waals surface area (Å²) in [5.74, 6) is -10.8. The van der Waals surface area contributed by atoms with Crippen LogP contribution in [0.1, 0.15) is 11.1 Å². The third kappa shape index (κ3) is 5.78. The van der Waals surface area contributed by atoms with Gasteiger partial charge in [0.25, 0.3) is 0 Å². The normalized spacial score (nSPS) is 20.1. The van der Waals surface area contributed by atoms with Crippen molar-refractivity contribution in [3.63, 3.8) is 0 Å². The van der Waals surface area contributed by atoms with Crippen LogP contribution in [0.25, 0.3) is 0 Å². The van der Waals surface area contributed by atoms with E-state index in [1.165, 1.54) is 4.90 Å². The van der Waals surface area contributed by atoms with Gasteiger partial charge in [-0.2, -0.15) is 0 Å². The maximum Gasteiger partial charge on any atom is 0.308 e. The number of aliphatic carboxylic acids is 3. The molecule has 1 fully saturated rings. The molecule has 0 spiro atoms. The Balaban J connectivity index is 1.59. The van der Waals surface area contributed by atoms with Gasteiger partial charge >= 0.3 is 17.9 Å². The zero-order valence-corrected chi connectivity index (χ0v) is 20.7. The molecule has 3 N–H and O–H groups in total. The van der Waals surface area contributed by atoms with Crippen molar-refractivity contribution in [2.45, 2.75) is 13.1 Å². The third-order valence-corrected chi connectivity index (χ3v) is 6.78. The quantitative estimate of drug-likeness (QED) is 0.345. The van der Waals surface area contributed by atoms with E-state index >= 15 is 0 Å². The van der Waals surface area contributed by atoms with E-state index in [1.807, 2.05) is 0 Å². The van der Waals surface area contributed by atoms with Gasteiger partial charge in [-0.3, -0.25) is 19.2 Å². The van der Waals surface area contributed by atoms with Crippen molar-refractivity contribution in [3.8, 4) is 11.5 Å². The fourth-order valence-corrected chi connectivity index (χ4v) is 4.93. The fourth-order valence-electron chi connectivity index (χ4n) is 4.75. The lowest BCUT2D eigenvalue weighted by atomic mass is 9.56. The fraction of sp³-hybridized carbons (Fsp3) is 0.214. The zero-order valence-electron chi connectivity index (χ0n) is 19.9. The van der Waals surface area contributed by atoms with Gasteiger partial charge in [-0.25, -0.2) is 0 Å². The van der Waals surface area contributed by atoms with E-state index < -0.39 is 47.5 Å². The number of carboxylic acids is 3. The number of carboxylic acid groups (broad SMARTS) is 3. The Labute approximate surface area is 222 Å². The van der Waals surface area contributed by atoms with Crippen molar-refractivity contribution in [1.29, 1.82) is 0 Å². The van der Waals surface area contributed by atoms with Crippen LogP contribution in [-0.4, -0.2) is 44.0 Å². The predicted octanol–water partition coefficient (Wildman–Crippen LogP) is 4.39. The average molecular weight is 538 g/mol. The van der Waals surface area contributed by atoms with Crippen LogP contribution in [0.4, 0.5) is 0 Å². The molecule has 3 aromatic carbocycles. The highest BCUT2D eigenvalue weighted by Gasteiger charge is 2.64. The van der Waals surface area contributed by atoms with Crippen molar-refractivity contribution in [2.24, 2.45) is 23.7 Å². The van der Waals surface area contributed by atoms with Crippen LogP contribution in [0.3, 0.4) is 0 Å². The molecular formula is C28H24ClNO8. The highest BCUT2D eigenvalue weighted by molar-refractivity contribution is 6.30. The summed E-state index contributed by atoms with van der Waals surface area (Å²) in [6, 6.07) is 22.7. The number of ether oxygens (including phenoxy) is 1. The summed E-state index contributed by atoms with van der Waals surface area (Å²) in [6.45, 7) is 0.117. The van der Waals surface area contributed by atoms with E-state index in [0.717, 1.165) is 5.56 Å². The van der Waals surface area contributed by atoms with Gasteiger partial charge in [0.2, 0.25) is 5.91 Å². The molecule has 10 heteroatoms. The maximum absolute atomic E-state index is 13.6. The minimum Gasteiger partial charge on any atom is -0.481 e. The van der Waals surface area contributed by atoms with Gasteiger partial charge in [-0.05, 0) is 41.5 Å². The molecule has 0 aliphatic heterocycles. The van der Waals surface area contributed by atoms with Crippen LogP contribution >= 0.6 is 11.6 Å². The molecule has 3 aromatic rings. The Morgan fingerprint density at radius 3 is 1.71 bits per heavy atom. The third-order valence-electron chi connectivity index (χ3n) is 6.54. The largest absolute Gasteiger partial charge is 0.481 e. The minimum atomic E-state index is -1.69. The number of carbonyl (C=O) groups excluding carboxylic acids is 1. The lowest BCUT2D eigenvalue weighted by molar-refractivity contribution is -0.190. The second-order valence-electron chi connectivity index (χ2n) is 9.00. The van der Waals surface area contributed by atoms with E-state index in [4.69, 9.17) is 16.3 Å². The van der Waals surface area contributed by atoms with Crippen molar-refractivity contribution in [1.82, 2.24) is 4.90 Å². The molecule has 0 bridgehead atoms. The molecule has 1 aliphatic carbocycles. The Morgan fingerprint density at radius 2 is 1.18 bits per heavy atom. The highest BCUT2D eigenvalue weighted by Crippen LogP contribution is 2.48. The Bertz CT molecular complexity index is 1320. The summed E-state index contributed by atoms with van der Waals surface area (Å²) in [6.07, 6.45) is 0. The van der Waals surface area contributed by atoms with Gasteiger partial charge < -0.3 is 25.0 Å². The Kier molecular flexibility index (Phi) is 7.97. The Hall–Kier alpha value is -4.37. The summed E-state index contributed by atoms with van der Waals surface area (Å²) < 4.78 is 5.79. The second-order valence-corrected chi connectivity index (χ2v) is 9.44. The summed E-state index contributed by atoms with van der Waals surface area (Å²) >= 11 is 5.99. The SMILES string of the molecule is O=C(O)C1[C@H](C(=O)O)C(C(=O)N(Cc2ccccc2)Cc2ccc(Oc3cccc(Cl)c3)cc2)[C@H]1C(=O)O. The van der Waals surface area contributed by atoms with Crippen molar-refractivity contribution < 1.29 is 39.2 Å². The number of benzene rings is 3. The monoisotopic (exact) mass is 537 g/mol. The molecule has 1 saturated carbocycles. The van der Waals surface area contributed by atoms with Crippen molar-refractivity contribution in [2.75, 3.05) is 0 Å². The van der Waals surface area contributed by atoms with Crippen LogP contribution in [0.2, 0.25) is 5.02 Å². The molecule has 38 heavy (non-hydrogen) atoms. The standard InChI is InChI=1S/C28H24ClNO8/c29-18-7-4-8-20(13-18)38-19-11-9-17(10-12-19)15-30(14-16-5-2-1-3-6-16)25(31)21-22(26(32)33)24(28(36)37)23(21)27(34)35/h1-13,21-24H,14-15H2,(H,32,33)(H,34,35)(H,36,37)/t21?,22-,23-,24?/m1/s1. The second kappa shape index (κ2) is 11.4. The number of halogens is 1. The van der Waals surface area contributed by atoms with E-state index in [-0.39, 0.29) is 13.1 Å². The van der Waals surface area contributed by atoms with Crippen LogP contribution < -0.4 is 4.74 Å². The number of hydrogen-bond donors (Lipinski definition) is 3. The molecule has 2 atom stereocenters. The number of hydrogen-bond acceptors (Lipinski definition) is 5. The smallest absolute Gasteiger partial charge is 0.308 e. The van der Waals surface area contributed by atoms with E-state index in [0.29, 0.717) is 22.1 Å². The molecule has 0 heterocycles. The molecule has 0 aromatic heterocycles. The summed E-state index contributed by atoms with van der Waals surface area (Å²) in [4.78, 5) is 50.4. The van der Waals surface area contributed by atoms with Gasteiger partial charge in [-0.15, -0.1) is 0 Å². The number of nitrogens with zero attached hydrogens (tertiary/aromatic N) is 1. The summed E-state index contributed by atoms with van der Waals surface area (Å²) in [7, 11) is 0. The predicted molar refractivity (Wildman–Crippen MR) is 136 cm³/mol. The zero-order chi connectivity index (χ0) is 27.4. The summed E-state index contributed by atoms with van der Waals surface area (Å²) in [5.41, 5.74) is 1.43. The van der Waals surface area contributed by atoms with Crippen molar-refractivity contribution >= 4 is 35.4 Å². The van der Waals surface area contributed by atoms with Gasteiger partial charge in [-0.1, -0.05) is 60.1 Å². The molecular weight excluding hydrogens is 514 g/mol. The maximum atomic E-state index is 13.6.